The lowest BCUT2D eigenvalue weighted by Gasteiger charge is -2.22. The quantitative estimate of drug-likeness (QED) is 0.759. The van der Waals surface area contributed by atoms with Crippen LogP contribution in [0.2, 0.25) is 0 Å². The van der Waals surface area contributed by atoms with Gasteiger partial charge in [0.25, 0.3) is 5.91 Å². The molecule has 3 aromatic rings. The first-order valence-electron chi connectivity index (χ1n) is 7.88. The zero-order chi connectivity index (χ0) is 19.4. The van der Waals surface area contributed by atoms with Gasteiger partial charge in [-0.3, -0.25) is 14.8 Å². The number of hydrogen-bond acceptors (Lipinski definition) is 5. The fourth-order valence-electron chi connectivity index (χ4n) is 2.43. The second-order valence-electron chi connectivity index (χ2n) is 5.67. The van der Waals surface area contributed by atoms with Gasteiger partial charge in [-0.25, -0.2) is 9.97 Å². The Morgan fingerprint density at radius 1 is 1.07 bits per heavy atom. The molecule has 27 heavy (non-hydrogen) atoms. The second-order valence-corrected chi connectivity index (χ2v) is 5.67. The van der Waals surface area contributed by atoms with Crippen molar-refractivity contribution in [3.63, 3.8) is 0 Å². The molecule has 0 aromatic carbocycles. The fraction of sp³-hybridized carbons (Fsp3) is 0.167. The molecule has 1 atom stereocenters. The van der Waals surface area contributed by atoms with Crippen LogP contribution < -0.4 is 5.32 Å². The summed E-state index contributed by atoms with van der Waals surface area (Å²) in [6, 6.07) is 3.88. The molecular formula is C18H14F3N5O. The number of aryl methyl sites for hydroxylation is 1. The predicted molar refractivity (Wildman–Crippen MR) is 90.5 cm³/mol. The highest BCUT2D eigenvalue weighted by atomic mass is 19.4. The predicted octanol–water partition coefficient (Wildman–Crippen LogP) is 3.28. The summed E-state index contributed by atoms with van der Waals surface area (Å²) in [6.45, 7) is 1.53. The van der Waals surface area contributed by atoms with Crippen LogP contribution in [-0.4, -0.2) is 32.0 Å². The lowest BCUT2D eigenvalue weighted by atomic mass is 10.1. The van der Waals surface area contributed by atoms with Gasteiger partial charge in [0.1, 0.15) is 0 Å². The van der Waals surface area contributed by atoms with Crippen molar-refractivity contribution < 1.29 is 18.0 Å². The maximum atomic E-state index is 13.4. The van der Waals surface area contributed by atoms with E-state index in [0.717, 1.165) is 6.20 Å². The average Bonchev–Trinajstić information content (AvgIpc) is 2.66. The van der Waals surface area contributed by atoms with Crippen LogP contribution in [0.25, 0.3) is 11.4 Å². The van der Waals surface area contributed by atoms with E-state index in [1.165, 1.54) is 31.5 Å². The molecule has 0 radical (unpaired) electrons. The van der Waals surface area contributed by atoms with Crippen molar-refractivity contribution in [1.82, 2.24) is 25.3 Å². The van der Waals surface area contributed by atoms with Crippen molar-refractivity contribution in [3.05, 3.63) is 72.1 Å². The summed E-state index contributed by atoms with van der Waals surface area (Å²) in [6.07, 6.45) is 2.09. The summed E-state index contributed by atoms with van der Waals surface area (Å²) in [5.41, 5.74) is 0.689. The maximum Gasteiger partial charge on any atom is 0.412 e. The monoisotopic (exact) mass is 373 g/mol. The number of rotatable bonds is 4. The zero-order valence-electron chi connectivity index (χ0n) is 14.1. The van der Waals surface area contributed by atoms with E-state index >= 15 is 0 Å². The van der Waals surface area contributed by atoms with Crippen molar-refractivity contribution in [2.24, 2.45) is 0 Å². The van der Waals surface area contributed by atoms with Gasteiger partial charge in [-0.05, 0) is 25.1 Å². The average molecular weight is 373 g/mol. The molecule has 1 unspecified atom stereocenters. The van der Waals surface area contributed by atoms with E-state index < -0.39 is 18.1 Å². The lowest BCUT2D eigenvalue weighted by molar-refractivity contribution is -0.155. The Balaban J connectivity index is 1.87. The van der Waals surface area contributed by atoms with Crippen molar-refractivity contribution in [2.75, 3.05) is 0 Å². The van der Waals surface area contributed by atoms with Crippen LogP contribution >= 0.6 is 0 Å². The molecule has 0 spiro atoms. The molecule has 3 rings (SSSR count). The number of nitrogens with zero attached hydrogens (tertiary/aromatic N) is 4. The van der Waals surface area contributed by atoms with E-state index in [2.05, 4.69) is 19.9 Å². The Kier molecular flexibility index (Phi) is 5.11. The summed E-state index contributed by atoms with van der Waals surface area (Å²) in [4.78, 5) is 28.3. The van der Waals surface area contributed by atoms with Crippen molar-refractivity contribution in [2.45, 2.75) is 19.1 Å². The number of carbonyl (C=O) groups excluding carboxylic acids is 1. The molecule has 1 amide bonds. The third-order valence-electron chi connectivity index (χ3n) is 3.76. The van der Waals surface area contributed by atoms with Gasteiger partial charge in [0, 0.05) is 42.1 Å². The second kappa shape index (κ2) is 7.48. The first-order valence-corrected chi connectivity index (χ1v) is 7.88. The molecule has 3 aromatic heterocycles. The van der Waals surface area contributed by atoms with Gasteiger partial charge in [0.05, 0.1) is 11.3 Å². The molecule has 9 heteroatoms. The van der Waals surface area contributed by atoms with Crippen LogP contribution in [0.4, 0.5) is 13.2 Å². The first-order chi connectivity index (χ1) is 12.9. The Morgan fingerprint density at radius 2 is 1.78 bits per heavy atom. The minimum atomic E-state index is -4.68. The first kappa shape index (κ1) is 18.4. The number of amides is 1. The third-order valence-corrected chi connectivity index (χ3v) is 3.76. The van der Waals surface area contributed by atoms with E-state index in [9.17, 15) is 18.0 Å². The Hall–Kier alpha value is -3.36. The molecule has 0 bridgehead atoms. The largest absolute Gasteiger partial charge is 0.412 e. The van der Waals surface area contributed by atoms with Crippen molar-refractivity contribution >= 4 is 5.91 Å². The zero-order valence-corrected chi connectivity index (χ0v) is 14.1. The number of alkyl halides is 3. The van der Waals surface area contributed by atoms with E-state index in [1.54, 1.807) is 24.5 Å². The number of pyridine rings is 2. The molecule has 0 fully saturated rings. The summed E-state index contributed by atoms with van der Waals surface area (Å²) in [5.74, 6) is -0.590. The highest BCUT2D eigenvalue weighted by molar-refractivity contribution is 5.95. The molecule has 0 saturated heterocycles. The van der Waals surface area contributed by atoms with Crippen LogP contribution in [0.1, 0.15) is 27.7 Å². The molecule has 1 N–H and O–H groups in total. The molecule has 138 valence electrons. The Bertz CT molecular complexity index is 933. The number of nitrogens with one attached hydrogen (secondary N) is 1. The number of carbonyl (C=O) groups is 1. The van der Waals surface area contributed by atoms with Gasteiger partial charge in [-0.2, -0.15) is 13.2 Å². The number of hydrogen-bond donors (Lipinski definition) is 1. The van der Waals surface area contributed by atoms with Crippen LogP contribution in [-0.2, 0) is 0 Å². The molecule has 0 aliphatic heterocycles. The molecule has 0 aliphatic rings. The molecule has 3 heterocycles. The highest BCUT2D eigenvalue weighted by Crippen LogP contribution is 2.32. The summed E-state index contributed by atoms with van der Waals surface area (Å²) < 4.78 is 40.2. The van der Waals surface area contributed by atoms with Gasteiger partial charge in [-0.1, -0.05) is 6.07 Å². The van der Waals surface area contributed by atoms with Gasteiger partial charge in [0.15, 0.2) is 11.9 Å². The summed E-state index contributed by atoms with van der Waals surface area (Å²) in [5, 5.41) is 1.99. The SMILES string of the molecule is Cc1nc(-c2cccnc2)ncc1C(=O)NC(c1cccnc1)C(F)(F)F. The number of aromatic nitrogens is 4. The lowest BCUT2D eigenvalue weighted by Crippen LogP contribution is -2.38. The van der Waals surface area contributed by atoms with Gasteiger partial charge in [0.2, 0.25) is 0 Å². The van der Waals surface area contributed by atoms with Crippen LogP contribution in [0.15, 0.2) is 55.2 Å². The van der Waals surface area contributed by atoms with Gasteiger partial charge >= 0.3 is 6.18 Å². The van der Waals surface area contributed by atoms with Crippen molar-refractivity contribution in [1.29, 1.82) is 0 Å². The molecular weight excluding hydrogens is 359 g/mol. The minimum Gasteiger partial charge on any atom is -0.337 e. The van der Waals surface area contributed by atoms with E-state index in [0.29, 0.717) is 11.4 Å². The Labute approximate surface area is 152 Å². The molecule has 0 saturated carbocycles. The van der Waals surface area contributed by atoms with Gasteiger partial charge in [-0.15, -0.1) is 0 Å². The van der Waals surface area contributed by atoms with Crippen LogP contribution in [0.3, 0.4) is 0 Å². The van der Waals surface area contributed by atoms with E-state index in [4.69, 9.17) is 0 Å². The van der Waals surface area contributed by atoms with Gasteiger partial charge < -0.3 is 5.32 Å². The summed E-state index contributed by atoms with van der Waals surface area (Å²) >= 11 is 0. The normalized spacial score (nSPS) is 12.4. The van der Waals surface area contributed by atoms with Crippen LogP contribution in [0.5, 0.6) is 0 Å². The smallest absolute Gasteiger partial charge is 0.337 e. The summed E-state index contributed by atoms with van der Waals surface area (Å²) in [7, 11) is 0. The minimum absolute atomic E-state index is 0.0409. The van der Waals surface area contributed by atoms with Crippen LogP contribution in [0, 0.1) is 6.92 Å². The maximum absolute atomic E-state index is 13.4. The molecule has 0 aliphatic carbocycles. The topological polar surface area (TPSA) is 80.7 Å². The molecule has 6 nitrogen and oxygen atoms in total. The fourth-order valence-corrected chi connectivity index (χ4v) is 2.43. The highest BCUT2D eigenvalue weighted by Gasteiger charge is 2.42. The number of halogens is 3. The standard InChI is InChI=1S/C18H14F3N5O/c1-11-14(10-24-16(25-11)13-5-3-7-23-9-13)17(27)26-15(18(19,20)21)12-4-2-6-22-8-12/h2-10,15H,1H3,(H,26,27). The Morgan fingerprint density at radius 3 is 2.33 bits per heavy atom. The van der Waals surface area contributed by atoms with E-state index in [1.807, 2.05) is 5.32 Å². The van der Waals surface area contributed by atoms with E-state index in [-0.39, 0.29) is 16.8 Å². The van der Waals surface area contributed by atoms with Crippen molar-refractivity contribution in [3.8, 4) is 11.4 Å². The third kappa shape index (κ3) is 4.25.